The zero-order chi connectivity index (χ0) is 15.7. The lowest BCUT2D eigenvalue weighted by Gasteiger charge is -2.07. The fourth-order valence-electron chi connectivity index (χ4n) is 2.30. The number of nitrogens with zero attached hydrogens (tertiary/aromatic N) is 2. The summed E-state index contributed by atoms with van der Waals surface area (Å²) in [6, 6.07) is 8.24. The number of aryl methyl sites for hydroxylation is 2. The van der Waals surface area contributed by atoms with Gasteiger partial charge in [-0.2, -0.15) is 0 Å². The van der Waals surface area contributed by atoms with Crippen LogP contribution in [-0.4, -0.2) is 21.0 Å². The number of anilines is 1. The van der Waals surface area contributed by atoms with Gasteiger partial charge in [-0.1, -0.05) is 29.8 Å². The minimum absolute atomic E-state index is 0.314. The van der Waals surface area contributed by atoms with Crippen LogP contribution in [0.5, 0.6) is 0 Å². The average Bonchev–Trinajstić information content (AvgIpc) is 2.85. The Morgan fingerprint density at radius 3 is 2.64 bits per heavy atom. The molecule has 0 fully saturated rings. The van der Waals surface area contributed by atoms with Crippen molar-refractivity contribution in [2.45, 2.75) is 20.4 Å². The lowest BCUT2D eigenvalue weighted by atomic mass is 10.1. The first-order valence-corrected chi connectivity index (χ1v) is 7.64. The molecule has 0 aliphatic rings. The van der Waals surface area contributed by atoms with Crippen molar-refractivity contribution in [1.82, 2.24) is 9.97 Å². The maximum atomic E-state index is 11.3. The molecular weight excluding hydrogens is 298 g/mol. The highest BCUT2D eigenvalue weighted by Crippen LogP contribution is 2.33. The Balaban J connectivity index is 1.93. The van der Waals surface area contributed by atoms with Gasteiger partial charge in [0.15, 0.2) is 0 Å². The number of hydrogen-bond donors (Lipinski definition) is 2. The second-order valence-electron chi connectivity index (χ2n) is 5.10. The van der Waals surface area contributed by atoms with Crippen LogP contribution in [0.1, 0.15) is 26.4 Å². The summed E-state index contributed by atoms with van der Waals surface area (Å²) in [5, 5.41) is 13.3. The Kier molecular flexibility index (Phi) is 3.77. The van der Waals surface area contributed by atoms with Gasteiger partial charge in [-0.15, -0.1) is 11.3 Å². The molecule has 0 bridgehead atoms. The number of nitrogens with one attached hydrogen (secondary N) is 1. The summed E-state index contributed by atoms with van der Waals surface area (Å²) in [7, 11) is 0. The van der Waals surface area contributed by atoms with E-state index in [-0.39, 0.29) is 0 Å². The van der Waals surface area contributed by atoms with Crippen LogP contribution < -0.4 is 5.32 Å². The van der Waals surface area contributed by atoms with Gasteiger partial charge in [0.05, 0.1) is 5.39 Å². The van der Waals surface area contributed by atoms with E-state index in [0.29, 0.717) is 27.6 Å². The standard InChI is InChI=1S/C16H15N3O2S/c1-9-3-5-11(6-4-9)7-17-14-12-10(2)13(16(20)21)22-15(12)19-8-18-14/h3-6,8H,7H2,1-2H3,(H,20,21)(H,17,18,19). The summed E-state index contributed by atoms with van der Waals surface area (Å²) in [6.07, 6.45) is 1.46. The highest BCUT2D eigenvalue weighted by atomic mass is 32.1. The Morgan fingerprint density at radius 1 is 1.23 bits per heavy atom. The van der Waals surface area contributed by atoms with E-state index in [1.807, 2.05) is 6.92 Å². The first kappa shape index (κ1) is 14.5. The Hall–Kier alpha value is -2.47. The van der Waals surface area contributed by atoms with Crippen LogP contribution in [0.2, 0.25) is 0 Å². The van der Waals surface area contributed by atoms with Gasteiger partial charge in [0, 0.05) is 6.54 Å². The SMILES string of the molecule is Cc1ccc(CNc2ncnc3sc(C(=O)O)c(C)c23)cc1. The molecule has 0 spiro atoms. The molecule has 0 saturated heterocycles. The lowest BCUT2D eigenvalue weighted by Crippen LogP contribution is -2.02. The molecule has 3 rings (SSSR count). The number of carboxylic acids is 1. The van der Waals surface area contributed by atoms with Crippen LogP contribution in [0.15, 0.2) is 30.6 Å². The van der Waals surface area contributed by atoms with E-state index in [2.05, 4.69) is 39.6 Å². The Morgan fingerprint density at radius 2 is 1.95 bits per heavy atom. The second-order valence-corrected chi connectivity index (χ2v) is 6.10. The fraction of sp³-hybridized carbons (Fsp3) is 0.188. The third-order valence-corrected chi connectivity index (χ3v) is 4.69. The molecule has 0 saturated carbocycles. The largest absolute Gasteiger partial charge is 0.477 e. The highest BCUT2D eigenvalue weighted by molar-refractivity contribution is 7.20. The molecule has 22 heavy (non-hydrogen) atoms. The second kappa shape index (κ2) is 5.73. The number of thiophene rings is 1. The summed E-state index contributed by atoms with van der Waals surface area (Å²) in [4.78, 5) is 20.7. The zero-order valence-corrected chi connectivity index (χ0v) is 13.1. The summed E-state index contributed by atoms with van der Waals surface area (Å²) >= 11 is 1.18. The molecular formula is C16H15N3O2S. The van der Waals surface area contributed by atoms with Crippen LogP contribution in [0.3, 0.4) is 0 Å². The normalized spacial score (nSPS) is 10.8. The third kappa shape index (κ3) is 2.65. The monoisotopic (exact) mass is 313 g/mol. The van der Waals surface area contributed by atoms with Crippen molar-refractivity contribution in [2.75, 3.05) is 5.32 Å². The van der Waals surface area contributed by atoms with Crippen molar-refractivity contribution in [2.24, 2.45) is 0 Å². The number of rotatable bonds is 4. The molecule has 0 amide bonds. The molecule has 0 aliphatic heterocycles. The van der Waals surface area contributed by atoms with E-state index in [4.69, 9.17) is 0 Å². The lowest BCUT2D eigenvalue weighted by molar-refractivity contribution is 0.0701. The average molecular weight is 313 g/mol. The van der Waals surface area contributed by atoms with Crippen molar-refractivity contribution >= 4 is 33.3 Å². The molecule has 2 N–H and O–H groups in total. The molecule has 0 aliphatic carbocycles. The van der Waals surface area contributed by atoms with E-state index < -0.39 is 5.97 Å². The predicted octanol–water partition coefficient (Wildman–Crippen LogP) is 3.62. The molecule has 2 aromatic heterocycles. The van der Waals surface area contributed by atoms with Crippen LogP contribution in [0, 0.1) is 13.8 Å². The van der Waals surface area contributed by atoms with Gasteiger partial charge in [-0.3, -0.25) is 0 Å². The van der Waals surface area contributed by atoms with Crippen molar-refractivity contribution in [3.63, 3.8) is 0 Å². The fourth-order valence-corrected chi connectivity index (χ4v) is 3.29. The van der Waals surface area contributed by atoms with Crippen molar-refractivity contribution < 1.29 is 9.90 Å². The van der Waals surface area contributed by atoms with Crippen LogP contribution in [0.25, 0.3) is 10.2 Å². The molecule has 0 unspecified atom stereocenters. The van der Waals surface area contributed by atoms with E-state index in [1.165, 1.54) is 23.2 Å². The topological polar surface area (TPSA) is 75.1 Å². The first-order valence-electron chi connectivity index (χ1n) is 6.83. The molecule has 2 heterocycles. The van der Waals surface area contributed by atoms with E-state index in [0.717, 1.165) is 10.9 Å². The Bertz CT molecular complexity index is 840. The maximum Gasteiger partial charge on any atom is 0.346 e. The van der Waals surface area contributed by atoms with Gasteiger partial charge in [-0.05, 0) is 25.0 Å². The van der Waals surface area contributed by atoms with Gasteiger partial charge in [0.2, 0.25) is 0 Å². The van der Waals surface area contributed by atoms with Crippen LogP contribution in [-0.2, 0) is 6.54 Å². The van der Waals surface area contributed by atoms with E-state index >= 15 is 0 Å². The molecule has 1 aromatic carbocycles. The third-order valence-electron chi connectivity index (χ3n) is 3.50. The van der Waals surface area contributed by atoms with Gasteiger partial charge < -0.3 is 10.4 Å². The van der Waals surface area contributed by atoms with Crippen LogP contribution >= 0.6 is 11.3 Å². The molecule has 0 radical (unpaired) electrons. The van der Waals surface area contributed by atoms with E-state index in [1.54, 1.807) is 6.92 Å². The minimum atomic E-state index is -0.926. The smallest absolute Gasteiger partial charge is 0.346 e. The number of fused-ring (bicyclic) bond motifs is 1. The van der Waals surface area contributed by atoms with Gasteiger partial charge in [0.25, 0.3) is 0 Å². The molecule has 112 valence electrons. The van der Waals surface area contributed by atoms with Gasteiger partial charge in [-0.25, -0.2) is 14.8 Å². The summed E-state index contributed by atoms with van der Waals surface area (Å²) in [5.74, 6) is -0.253. The maximum absolute atomic E-state index is 11.3. The Labute approximate surface area is 131 Å². The quantitative estimate of drug-likeness (QED) is 0.769. The molecule has 6 heteroatoms. The summed E-state index contributed by atoms with van der Waals surface area (Å²) in [6.45, 7) is 4.47. The number of hydrogen-bond acceptors (Lipinski definition) is 5. The van der Waals surface area contributed by atoms with Crippen LogP contribution in [0.4, 0.5) is 5.82 Å². The zero-order valence-electron chi connectivity index (χ0n) is 12.3. The highest BCUT2D eigenvalue weighted by Gasteiger charge is 2.18. The number of carbonyl (C=O) groups is 1. The summed E-state index contributed by atoms with van der Waals surface area (Å²) < 4.78 is 0. The minimum Gasteiger partial charge on any atom is -0.477 e. The van der Waals surface area contributed by atoms with Crippen molar-refractivity contribution in [3.8, 4) is 0 Å². The predicted molar refractivity (Wildman–Crippen MR) is 87.6 cm³/mol. The molecule has 0 atom stereocenters. The molecule has 5 nitrogen and oxygen atoms in total. The van der Waals surface area contributed by atoms with E-state index in [9.17, 15) is 9.90 Å². The van der Waals surface area contributed by atoms with Crippen molar-refractivity contribution in [1.29, 1.82) is 0 Å². The number of carboxylic acid groups (broad SMARTS) is 1. The van der Waals surface area contributed by atoms with Crippen molar-refractivity contribution in [3.05, 3.63) is 52.2 Å². The van der Waals surface area contributed by atoms with Gasteiger partial charge >= 0.3 is 5.97 Å². The van der Waals surface area contributed by atoms with Gasteiger partial charge in [0.1, 0.15) is 21.9 Å². The molecule has 3 aromatic rings. The number of aromatic carboxylic acids is 1. The number of aromatic nitrogens is 2. The first-order chi connectivity index (χ1) is 10.6. The number of benzene rings is 1. The summed E-state index contributed by atoms with van der Waals surface area (Å²) in [5.41, 5.74) is 3.07.